The van der Waals surface area contributed by atoms with Crippen molar-refractivity contribution >= 4 is 11.6 Å². The lowest BCUT2D eigenvalue weighted by Gasteiger charge is -2.42. The van der Waals surface area contributed by atoms with Crippen molar-refractivity contribution in [3.63, 3.8) is 0 Å². The minimum atomic E-state index is 0.115. The molecule has 114 valence electrons. The molecule has 2 N–H and O–H groups in total. The van der Waals surface area contributed by atoms with Crippen LogP contribution in [0.2, 0.25) is 0 Å². The van der Waals surface area contributed by atoms with Gasteiger partial charge in [-0.2, -0.15) is 0 Å². The zero-order chi connectivity index (χ0) is 14.8. The van der Waals surface area contributed by atoms with Gasteiger partial charge in [-0.25, -0.2) is 0 Å². The Kier molecular flexibility index (Phi) is 4.15. The molecule has 3 unspecified atom stereocenters. The topological polar surface area (TPSA) is 50.4 Å². The van der Waals surface area contributed by atoms with Gasteiger partial charge in [0.1, 0.15) is 5.75 Å². The van der Waals surface area contributed by atoms with Gasteiger partial charge in [-0.3, -0.25) is 4.79 Å². The van der Waals surface area contributed by atoms with E-state index in [4.69, 9.17) is 4.74 Å². The van der Waals surface area contributed by atoms with E-state index in [1.165, 1.54) is 6.42 Å². The molecule has 3 atom stereocenters. The number of carbonyl (C=O) groups excluding carboxylic acids is 1. The van der Waals surface area contributed by atoms with E-state index in [-0.39, 0.29) is 17.9 Å². The van der Waals surface area contributed by atoms with E-state index in [0.717, 1.165) is 30.8 Å². The molecule has 4 heteroatoms. The lowest BCUT2D eigenvalue weighted by molar-refractivity contribution is -0.123. The summed E-state index contributed by atoms with van der Waals surface area (Å²) in [7, 11) is 0. The number of rotatable bonds is 4. The number of fused-ring (bicyclic) bond motifs is 3. The third kappa shape index (κ3) is 3.38. The second-order valence-corrected chi connectivity index (χ2v) is 6.48. The van der Waals surface area contributed by atoms with Crippen LogP contribution in [0, 0.1) is 11.8 Å². The first-order chi connectivity index (χ1) is 10.1. The molecular weight excluding hydrogens is 264 g/mol. The summed E-state index contributed by atoms with van der Waals surface area (Å²) in [4.78, 5) is 12.4. The van der Waals surface area contributed by atoms with Crippen LogP contribution in [0.4, 0.5) is 5.69 Å². The molecule has 1 aromatic carbocycles. The molecule has 2 aliphatic heterocycles. The van der Waals surface area contributed by atoms with Gasteiger partial charge in [-0.15, -0.1) is 0 Å². The number of hydrogen-bond donors (Lipinski definition) is 2. The van der Waals surface area contributed by atoms with Crippen molar-refractivity contribution in [1.29, 1.82) is 0 Å². The normalized spacial score (nSPS) is 27.7. The van der Waals surface area contributed by atoms with Crippen LogP contribution in [-0.4, -0.2) is 24.6 Å². The Morgan fingerprint density at radius 3 is 2.57 bits per heavy atom. The van der Waals surface area contributed by atoms with E-state index in [1.807, 2.05) is 38.1 Å². The first-order valence-electron chi connectivity index (χ1n) is 7.93. The first-order valence-corrected chi connectivity index (χ1v) is 7.93. The number of anilines is 1. The lowest BCUT2D eigenvalue weighted by atomic mass is 9.73. The zero-order valence-corrected chi connectivity index (χ0v) is 12.8. The molecular formula is C17H24N2O2. The van der Waals surface area contributed by atoms with Crippen LogP contribution in [0.5, 0.6) is 5.75 Å². The Morgan fingerprint density at radius 2 is 2.05 bits per heavy atom. The number of nitrogens with one attached hydrogen (secondary N) is 2. The Hall–Kier alpha value is -1.55. The Bertz CT molecular complexity index is 490. The van der Waals surface area contributed by atoms with Gasteiger partial charge in [0.2, 0.25) is 5.91 Å². The fourth-order valence-corrected chi connectivity index (χ4v) is 3.42. The molecule has 2 bridgehead atoms. The van der Waals surface area contributed by atoms with Crippen molar-refractivity contribution in [3.8, 4) is 5.75 Å². The predicted octanol–water partition coefficient (Wildman–Crippen LogP) is 2.80. The molecule has 3 aliphatic rings. The number of hydrogen-bond acceptors (Lipinski definition) is 3. The minimum absolute atomic E-state index is 0.115. The maximum absolute atomic E-state index is 12.4. The molecule has 21 heavy (non-hydrogen) atoms. The number of ether oxygens (including phenoxy) is 1. The zero-order valence-electron chi connectivity index (χ0n) is 12.8. The van der Waals surface area contributed by atoms with Crippen LogP contribution in [0.15, 0.2) is 24.3 Å². The summed E-state index contributed by atoms with van der Waals surface area (Å²) in [5.74, 6) is 1.77. The van der Waals surface area contributed by atoms with Crippen LogP contribution in [-0.2, 0) is 4.79 Å². The quantitative estimate of drug-likeness (QED) is 0.895. The summed E-state index contributed by atoms with van der Waals surface area (Å²) in [6.07, 6.45) is 3.58. The second kappa shape index (κ2) is 6.06. The summed E-state index contributed by atoms with van der Waals surface area (Å²) in [5.41, 5.74) is 0.845. The number of piperidine rings is 2. The van der Waals surface area contributed by atoms with Crippen LogP contribution in [0.3, 0.4) is 0 Å². The van der Waals surface area contributed by atoms with E-state index in [2.05, 4.69) is 10.6 Å². The van der Waals surface area contributed by atoms with Gasteiger partial charge in [-0.1, -0.05) is 0 Å². The third-order valence-electron chi connectivity index (χ3n) is 4.46. The molecule has 0 spiro atoms. The van der Waals surface area contributed by atoms with Gasteiger partial charge in [0.25, 0.3) is 0 Å². The summed E-state index contributed by atoms with van der Waals surface area (Å²) < 4.78 is 5.61. The van der Waals surface area contributed by atoms with E-state index in [1.54, 1.807) is 0 Å². The van der Waals surface area contributed by atoms with Gasteiger partial charge in [0.15, 0.2) is 0 Å². The fourth-order valence-electron chi connectivity index (χ4n) is 3.42. The highest BCUT2D eigenvalue weighted by atomic mass is 16.5. The average molecular weight is 288 g/mol. The van der Waals surface area contributed by atoms with Crippen LogP contribution >= 0.6 is 0 Å². The maximum Gasteiger partial charge on any atom is 0.229 e. The number of amides is 1. The molecule has 3 fully saturated rings. The predicted molar refractivity (Wildman–Crippen MR) is 83.5 cm³/mol. The van der Waals surface area contributed by atoms with Gasteiger partial charge >= 0.3 is 0 Å². The van der Waals surface area contributed by atoms with Crippen LogP contribution in [0.1, 0.15) is 33.1 Å². The standard InChI is InChI=1S/C17H24N2O2/c1-11(2)21-14-6-4-13(5-7-14)19-17(20)15-9-12-3-8-16(15)18-10-12/h4-7,11-12,15-16,18H,3,8-10H2,1-2H3,(H,19,20). The van der Waals surface area contributed by atoms with Gasteiger partial charge in [0, 0.05) is 11.7 Å². The highest BCUT2D eigenvalue weighted by Gasteiger charge is 2.39. The molecule has 0 aromatic heterocycles. The molecule has 1 aliphatic carbocycles. The van der Waals surface area contributed by atoms with E-state index in [0.29, 0.717) is 12.0 Å². The van der Waals surface area contributed by atoms with E-state index in [9.17, 15) is 4.79 Å². The van der Waals surface area contributed by atoms with E-state index < -0.39 is 0 Å². The molecule has 1 saturated carbocycles. The highest BCUT2D eigenvalue weighted by molar-refractivity contribution is 5.93. The second-order valence-electron chi connectivity index (χ2n) is 6.48. The molecule has 1 amide bonds. The Labute approximate surface area is 126 Å². The molecule has 0 radical (unpaired) electrons. The maximum atomic E-state index is 12.4. The molecule has 4 nitrogen and oxygen atoms in total. The van der Waals surface area contributed by atoms with Crippen LogP contribution in [0.25, 0.3) is 0 Å². The van der Waals surface area contributed by atoms with Crippen LogP contribution < -0.4 is 15.4 Å². The number of carbonyl (C=O) groups is 1. The molecule has 2 saturated heterocycles. The summed E-state index contributed by atoms with van der Waals surface area (Å²) in [6.45, 7) is 5.08. The van der Waals surface area contributed by atoms with Crippen molar-refractivity contribution in [2.24, 2.45) is 11.8 Å². The van der Waals surface area contributed by atoms with Crippen molar-refractivity contribution in [1.82, 2.24) is 5.32 Å². The lowest BCUT2D eigenvalue weighted by Crippen LogP contribution is -2.53. The van der Waals surface area contributed by atoms with E-state index >= 15 is 0 Å². The first kappa shape index (κ1) is 14.4. The third-order valence-corrected chi connectivity index (χ3v) is 4.46. The summed E-state index contributed by atoms with van der Waals surface area (Å²) in [5, 5.41) is 6.53. The van der Waals surface area contributed by atoms with Gasteiger partial charge < -0.3 is 15.4 Å². The molecule has 1 aromatic rings. The fraction of sp³-hybridized carbons (Fsp3) is 0.588. The smallest absolute Gasteiger partial charge is 0.229 e. The highest BCUT2D eigenvalue weighted by Crippen LogP contribution is 2.34. The SMILES string of the molecule is CC(C)Oc1ccc(NC(=O)C2CC3CCC2NC3)cc1. The van der Waals surface area contributed by atoms with Crippen molar-refractivity contribution in [2.75, 3.05) is 11.9 Å². The minimum Gasteiger partial charge on any atom is -0.491 e. The van der Waals surface area contributed by atoms with Crippen molar-refractivity contribution in [3.05, 3.63) is 24.3 Å². The van der Waals surface area contributed by atoms with Gasteiger partial charge in [-0.05, 0) is 69.8 Å². The summed E-state index contributed by atoms with van der Waals surface area (Å²) in [6, 6.07) is 7.98. The van der Waals surface area contributed by atoms with Gasteiger partial charge in [0.05, 0.1) is 12.0 Å². The molecule has 4 rings (SSSR count). The van der Waals surface area contributed by atoms with Crippen molar-refractivity contribution in [2.45, 2.75) is 45.3 Å². The monoisotopic (exact) mass is 288 g/mol. The summed E-state index contributed by atoms with van der Waals surface area (Å²) >= 11 is 0. The average Bonchev–Trinajstić information content (AvgIpc) is 2.50. The largest absolute Gasteiger partial charge is 0.491 e. The Morgan fingerprint density at radius 1 is 1.29 bits per heavy atom. The molecule has 2 heterocycles. The Balaban J connectivity index is 1.59. The van der Waals surface area contributed by atoms with Crippen molar-refractivity contribution < 1.29 is 9.53 Å². The number of benzene rings is 1.